The van der Waals surface area contributed by atoms with Crippen LogP contribution >= 0.6 is 0 Å². The average Bonchev–Trinajstić information content (AvgIpc) is 2.52. The van der Waals surface area contributed by atoms with E-state index in [-0.39, 0.29) is 0 Å². The summed E-state index contributed by atoms with van der Waals surface area (Å²) < 4.78 is 47.9. The van der Waals surface area contributed by atoms with Crippen molar-refractivity contribution in [3.63, 3.8) is 0 Å². The van der Waals surface area contributed by atoms with Gasteiger partial charge in [0.1, 0.15) is 5.57 Å². The Morgan fingerprint density at radius 3 is 2.35 bits per heavy atom. The third-order valence-electron chi connectivity index (χ3n) is 1.90. The van der Waals surface area contributed by atoms with Crippen molar-refractivity contribution in [1.29, 1.82) is 0 Å². The van der Waals surface area contributed by atoms with E-state index in [1.54, 1.807) is 0 Å². The van der Waals surface area contributed by atoms with E-state index in [0.717, 1.165) is 6.92 Å². The van der Waals surface area contributed by atoms with E-state index in [1.807, 2.05) is 0 Å². The van der Waals surface area contributed by atoms with Crippen LogP contribution in [0, 0.1) is 0 Å². The Bertz CT molecular complexity index is 650. The van der Waals surface area contributed by atoms with Crippen LogP contribution in [0.3, 0.4) is 0 Å². The first-order valence-corrected chi connectivity index (χ1v) is 7.27. The Morgan fingerprint density at radius 1 is 1.41 bits per heavy atom. The summed E-state index contributed by atoms with van der Waals surface area (Å²) >= 11 is 0. The molecular formula is C7H7NO7S2. The maximum atomic E-state index is 11.5. The highest BCUT2D eigenvalue weighted by atomic mass is 32.2. The van der Waals surface area contributed by atoms with Gasteiger partial charge >= 0.3 is 5.97 Å². The molecule has 0 radical (unpaired) electrons. The van der Waals surface area contributed by atoms with Gasteiger partial charge in [0.2, 0.25) is 9.84 Å². The number of sulfone groups is 1. The van der Waals surface area contributed by atoms with Gasteiger partial charge in [-0.05, 0) is 0 Å². The molecule has 1 rings (SSSR count). The summed E-state index contributed by atoms with van der Waals surface area (Å²) in [6.07, 6.45) is 0.441. The number of aliphatic carboxylic acids is 1. The number of nitrogens with zero attached hydrogens (tertiary/aromatic N) is 1. The number of rotatable bonds is 3. The third kappa shape index (κ3) is 2.26. The van der Waals surface area contributed by atoms with E-state index < -0.39 is 47.2 Å². The number of carboxylic acids is 1. The fraction of sp³-hybridized carbons (Fsp3) is 0.286. The van der Waals surface area contributed by atoms with Crippen LogP contribution in [-0.2, 0) is 29.4 Å². The van der Waals surface area contributed by atoms with Gasteiger partial charge in [0.25, 0.3) is 15.1 Å². The lowest BCUT2D eigenvalue weighted by Crippen LogP contribution is -2.24. The minimum atomic E-state index is -4.53. The van der Waals surface area contributed by atoms with Crippen molar-refractivity contribution < 1.29 is 31.5 Å². The Morgan fingerprint density at radius 2 is 1.94 bits per heavy atom. The molecule has 0 fully saturated rings. The molecule has 0 saturated carbocycles. The van der Waals surface area contributed by atoms with Crippen molar-refractivity contribution in [2.75, 3.05) is 5.75 Å². The van der Waals surface area contributed by atoms with Crippen molar-refractivity contribution in [1.82, 2.24) is 0 Å². The summed E-state index contributed by atoms with van der Waals surface area (Å²) in [7, 11) is -8.87. The van der Waals surface area contributed by atoms with E-state index in [2.05, 4.69) is 4.40 Å². The summed E-state index contributed by atoms with van der Waals surface area (Å²) in [5.74, 6) is -2.36. The maximum Gasteiger partial charge on any atom is 0.338 e. The molecule has 0 bridgehead atoms. The fourth-order valence-corrected chi connectivity index (χ4v) is 3.34. The second kappa shape index (κ2) is 4.04. The lowest BCUT2D eigenvalue weighted by atomic mass is 10.3. The Labute approximate surface area is 96.6 Å². The monoisotopic (exact) mass is 281 g/mol. The molecule has 10 heteroatoms. The molecule has 0 aliphatic carbocycles. The van der Waals surface area contributed by atoms with Gasteiger partial charge in [0.15, 0.2) is 4.91 Å². The van der Waals surface area contributed by atoms with Gasteiger partial charge in [-0.25, -0.2) is 13.2 Å². The Hall–Kier alpha value is -1.55. The topological polar surface area (TPSA) is 135 Å². The maximum absolute atomic E-state index is 11.5. The van der Waals surface area contributed by atoms with Crippen LogP contribution in [0.5, 0.6) is 0 Å². The first kappa shape index (κ1) is 13.5. The first-order chi connectivity index (χ1) is 7.63. The van der Waals surface area contributed by atoms with Crippen molar-refractivity contribution in [2.45, 2.75) is 6.92 Å². The molecule has 8 nitrogen and oxygen atoms in total. The number of sulfonamides is 1. The molecule has 1 aliphatic rings. The zero-order valence-corrected chi connectivity index (χ0v) is 10.1. The molecule has 0 aromatic heterocycles. The van der Waals surface area contributed by atoms with Crippen molar-refractivity contribution >= 4 is 37.2 Å². The van der Waals surface area contributed by atoms with Gasteiger partial charge < -0.3 is 5.11 Å². The smallest absolute Gasteiger partial charge is 0.338 e. The van der Waals surface area contributed by atoms with Gasteiger partial charge in [-0.3, -0.25) is 4.79 Å². The highest BCUT2D eigenvalue weighted by molar-refractivity contribution is 8.10. The van der Waals surface area contributed by atoms with E-state index in [0.29, 0.717) is 6.21 Å². The average molecular weight is 281 g/mol. The van der Waals surface area contributed by atoms with Crippen LogP contribution < -0.4 is 0 Å². The second-order valence-corrected chi connectivity index (χ2v) is 6.70. The van der Waals surface area contributed by atoms with Gasteiger partial charge in [-0.2, -0.15) is 12.8 Å². The first-order valence-electron chi connectivity index (χ1n) is 4.18. The van der Waals surface area contributed by atoms with Crippen LogP contribution in [-0.4, -0.2) is 45.0 Å². The number of carbonyl (C=O) groups excluding carboxylic acids is 1. The van der Waals surface area contributed by atoms with Gasteiger partial charge in [-0.1, -0.05) is 6.92 Å². The fourth-order valence-electron chi connectivity index (χ4n) is 1.01. The minimum Gasteiger partial charge on any atom is -0.478 e. The number of hydrogen-bond acceptors (Lipinski definition) is 6. The van der Waals surface area contributed by atoms with E-state index in [9.17, 15) is 26.4 Å². The normalized spacial score (nSPS) is 18.4. The zero-order valence-electron chi connectivity index (χ0n) is 8.44. The lowest BCUT2D eigenvalue weighted by molar-refractivity contribution is -0.132. The molecule has 94 valence electrons. The van der Waals surface area contributed by atoms with Crippen molar-refractivity contribution in [2.24, 2.45) is 4.40 Å². The summed E-state index contributed by atoms with van der Waals surface area (Å²) in [4.78, 5) is 20.8. The SMILES string of the molecule is CCS(=O)(=O)C(=O)C1=C(C(=O)O)C=NS1(=O)=O. The number of carbonyl (C=O) groups is 2. The number of hydrogen-bond donors (Lipinski definition) is 1. The molecule has 0 spiro atoms. The third-order valence-corrected chi connectivity index (χ3v) is 4.86. The molecule has 17 heavy (non-hydrogen) atoms. The van der Waals surface area contributed by atoms with Gasteiger partial charge in [-0.15, -0.1) is 0 Å². The molecule has 1 N–H and O–H groups in total. The molecule has 0 unspecified atom stereocenters. The molecule has 0 amide bonds. The van der Waals surface area contributed by atoms with Crippen molar-refractivity contribution in [3.8, 4) is 0 Å². The zero-order chi connectivity index (χ0) is 13.4. The summed E-state index contributed by atoms with van der Waals surface area (Å²) in [5.41, 5.74) is -0.938. The van der Waals surface area contributed by atoms with Crippen LogP contribution in [0.25, 0.3) is 0 Å². The van der Waals surface area contributed by atoms with Crippen LogP contribution in [0.1, 0.15) is 6.92 Å². The summed E-state index contributed by atoms with van der Waals surface area (Å²) in [6.45, 7) is 1.14. The summed E-state index contributed by atoms with van der Waals surface area (Å²) in [6, 6.07) is 0. The van der Waals surface area contributed by atoms with E-state index >= 15 is 0 Å². The molecule has 0 aromatic carbocycles. The lowest BCUT2D eigenvalue weighted by Gasteiger charge is -2.01. The molecule has 1 heterocycles. The van der Waals surface area contributed by atoms with Crippen LogP contribution in [0.4, 0.5) is 0 Å². The highest BCUT2D eigenvalue weighted by Gasteiger charge is 2.40. The predicted molar refractivity (Wildman–Crippen MR) is 56.5 cm³/mol. The van der Waals surface area contributed by atoms with Crippen LogP contribution in [0.15, 0.2) is 14.9 Å². The van der Waals surface area contributed by atoms with Gasteiger partial charge in [0.05, 0.1) is 12.0 Å². The van der Waals surface area contributed by atoms with E-state index in [1.165, 1.54) is 0 Å². The second-order valence-electron chi connectivity index (χ2n) is 2.95. The number of carboxylic acid groups (broad SMARTS) is 1. The van der Waals surface area contributed by atoms with Crippen LogP contribution in [0.2, 0.25) is 0 Å². The molecule has 0 atom stereocenters. The predicted octanol–water partition coefficient (Wildman–Crippen LogP) is -1.30. The molecule has 0 aromatic rings. The Kier molecular flexibility index (Phi) is 3.21. The molecular weight excluding hydrogens is 274 g/mol. The highest BCUT2D eigenvalue weighted by Crippen LogP contribution is 2.23. The largest absolute Gasteiger partial charge is 0.478 e. The summed E-state index contributed by atoms with van der Waals surface area (Å²) in [5, 5.41) is 6.90. The quantitative estimate of drug-likeness (QED) is 0.679. The van der Waals surface area contributed by atoms with Gasteiger partial charge in [0, 0.05) is 0 Å². The molecule has 0 saturated heterocycles. The molecule has 1 aliphatic heterocycles. The van der Waals surface area contributed by atoms with Crippen molar-refractivity contribution in [3.05, 3.63) is 10.5 Å². The van der Waals surface area contributed by atoms with E-state index in [4.69, 9.17) is 5.11 Å². The Balaban J connectivity index is 3.54. The minimum absolute atomic E-state index is 0.441. The standard InChI is InChI=1S/C7H7NO7S2/c1-2-16(12,13)7(11)5-4(6(9)10)3-8-17(5,14)15/h3H,2H2,1H3,(H,9,10).